The van der Waals surface area contributed by atoms with Crippen LogP contribution in [0.4, 0.5) is 0 Å². The number of carbonyl (C=O) groups excluding carboxylic acids is 2. The Hall–Kier alpha value is -3.90. The van der Waals surface area contributed by atoms with E-state index >= 15 is 0 Å². The van der Waals surface area contributed by atoms with Gasteiger partial charge in [-0.15, -0.1) is 0 Å². The summed E-state index contributed by atoms with van der Waals surface area (Å²) in [6.07, 6.45) is 3.48. The number of para-hydroxylation sites is 1. The molecule has 6 heteroatoms. The first-order valence-corrected chi connectivity index (χ1v) is 11.6. The molecule has 0 spiro atoms. The number of aliphatic hydroxyl groups is 1. The van der Waals surface area contributed by atoms with Gasteiger partial charge in [0.15, 0.2) is 0 Å². The number of fused-ring (bicyclic) bond motifs is 2. The summed E-state index contributed by atoms with van der Waals surface area (Å²) in [6, 6.07) is 20.4. The molecule has 3 aromatic carbocycles. The number of rotatable bonds is 4. The number of hydrogen-bond acceptors (Lipinski definition) is 4. The number of likely N-dealkylation sites (tertiary alicyclic amines) is 1. The summed E-state index contributed by atoms with van der Waals surface area (Å²) in [4.78, 5) is 31.6. The summed E-state index contributed by atoms with van der Waals surface area (Å²) in [5.74, 6) is -1.42. The molecule has 6 rings (SSSR count). The highest BCUT2D eigenvalue weighted by molar-refractivity contribution is 6.47. The standard InChI is InChI=1S/C28H24N2O4/c31-26(21-12-5-8-17-7-1-2-10-19(17)21)24-25(22-15-29-23-13-4-3-11-20(22)23)30(28(33)27(24)32)16-18-9-6-14-34-18/h1-5,7-8,10-13,15,18,25,29,31H,6,9,14,16H2/b26-24+. The second kappa shape index (κ2) is 8.15. The van der Waals surface area contributed by atoms with Crippen molar-refractivity contribution in [2.45, 2.75) is 25.0 Å². The van der Waals surface area contributed by atoms with Crippen molar-refractivity contribution in [2.75, 3.05) is 13.2 Å². The molecular formula is C28H24N2O4. The van der Waals surface area contributed by atoms with Crippen molar-refractivity contribution in [3.05, 3.63) is 89.6 Å². The first-order valence-electron chi connectivity index (χ1n) is 11.6. The van der Waals surface area contributed by atoms with Crippen molar-refractivity contribution in [2.24, 2.45) is 0 Å². The number of H-pyrrole nitrogens is 1. The number of ketones is 1. The molecule has 2 saturated heterocycles. The average molecular weight is 453 g/mol. The Labute approximate surface area is 196 Å². The topological polar surface area (TPSA) is 82.6 Å². The minimum Gasteiger partial charge on any atom is -0.507 e. The monoisotopic (exact) mass is 452 g/mol. The maximum atomic E-state index is 13.4. The van der Waals surface area contributed by atoms with Gasteiger partial charge in [0.1, 0.15) is 5.76 Å². The zero-order valence-electron chi connectivity index (χ0n) is 18.5. The van der Waals surface area contributed by atoms with Gasteiger partial charge in [0, 0.05) is 41.4 Å². The fraction of sp³-hybridized carbons (Fsp3) is 0.214. The highest BCUT2D eigenvalue weighted by atomic mass is 16.5. The number of nitrogens with zero attached hydrogens (tertiary/aromatic N) is 1. The Bertz CT molecular complexity index is 1460. The molecule has 2 atom stereocenters. The molecule has 2 unspecified atom stereocenters. The van der Waals surface area contributed by atoms with E-state index in [4.69, 9.17) is 4.74 Å². The fourth-order valence-electron chi connectivity index (χ4n) is 5.30. The highest BCUT2D eigenvalue weighted by Gasteiger charge is 2.47. The first kappa shape index (κ1) is 20.7. The number of aromatic nitrogens is 1. The van der Waals surface area contributed by atoms with Crippen molar-refractivity contribution >= 4 is 39.1 Å². The quantitative estimate of drug-likeness (QED) is 0.262. The lowest BCUT2D eigenvalue weighted by Crippen LogP contribution is -2.36. The summed E-state index contributed by atoms with van der Waals surface area (Å²) in [5.41, 5.74) is 2.35. The van der Waals surface area contributed by atoms with Crippen LogP contribution in [0.3, 0.4) is 0 Å². The number of ether oxygens (including phenoxy) is 1. The molecule has 2 N–H and O–H groups in total. The Kier molecular flexibility index (Phi) is 4.96. The normalized spacial score (nSPS) is 22.3. The largest absolute Gasteiger partial charge is 0.507 e. The van der Waals surface area contributed by atoms with Crippen molar-refractivity contribution in [3.63, 3.8) is 0 Å². The van der Waals surface area contributed by atoms with Crippen molar-refractivity contribution in [3.8, 4) is 0 Å². The van der Waals surface area contributed by atoms with E-state index in [2.05, 4.69) is 4.98 Å². The maximum absolute atomic E-state index is 13.4. The third-order valence-electron chi connectivity index (χ3n) is 6.92. The van der Waals surface area contributed by atoms with Gasteiger partial charge in [0.25, 0.3) is 11.7 Å². The van der Waals surface area contributed by atoms with E-state index in [1.807, 2.05) is 66.9 Å². The van der Waals surface area contributed by atoms with Crippen LogP contribution < -0.4 is 0 Å². The van der Waals surface area contributed by atoms with Gasteiger partial charge in [-0.2, -0.15) is 0 Å². The van der Waals surface area contributed by atoms with Crippen LogP contribution in [-0.4, -0.2) is 45.9 Å². The smallest absolute Gasteiger partial charge is 0.295 e. The Morgan fingerprint density at radius 2 is 1.76 bits per heavy atom. The van der Waals surface area contributed by atoms with Gasteiger partial charge < -0.3 is 19.7 Å². The van der Waals surface area contributed by atoms with Crippen LogP contribution >= 0.6 is 0 Å². The highest BCUT2D eigenvalue weighted by Crippen LogP contribution is 2.43. The molecule has 3 heterocycles. The number of amides is 1. The number of Topliss-reactive ketones (excluding diaryl/α,β-unsaturated/α-hetero) is 1. The van der Waals surface area contributed by atoms with Gasteiger partial charge >= 0.3 is 0 Å². The summed E-state index contributed by atoms with van der Waals surface area (Å²) < 4.78 is 5.80. The van der Waals surface area contributed by atoms with Gasteiger partial charge in [-0.3, -0.25) is 9.59 Å². The van der Waals surface area contributed by atoms with Crippen LogP contribution in [0.25, 0.3) is 27.4 Å². The molecule has 1 aromatic heterocycles. The van der Waals surface area contributed by atoms with Crippen molar-refractivity contribution < 1.29 is 19.4 Å². The van der Waals surface area contributed by atoms with E-state index in [-0.39, 0.29) is 17.4 Å². The summed E-state index contributed by atoms with van der Waals surface area (Å²) in [6.45, 7) is 0.962. The van der Waals surface area contributed by atoms with Crippen molar-refractivity contribution in [1.82, 2.24) is 9.88 Å². The number of nitrogens with one attached hydrogen (secondary N) is 1. The predicted octanol–water partition coefficient (Wildman–Crippen LogP) is 4.92. The summed E-state index contributed by atoms with van der Waals surface area (Å²) in [7, 11) is 0. The minimum atomic E-state index is -0.709. The van der Waals surface area contributed by atoms with Crippen LogP contribution in [0.5, 0.6) is 0 Å². The molecule has 0 saturated carbocycles. The fourth-order valence-corrected chi connectivity index (χ4v) is 5.30. The third kappa shape index (κ3) is 3.22. The molecule has 2 fully saturated rings. The van der Waals surface area contributed by atoms with Crippen LogP contribution in [-0.2, 0) is 14.3 Å². The lowest BCUT2D eigenvalue weighted by molar-refractivity contribution is -0.140. The van der Waals surface area contributed by atoms with Crippen LogP contribution in [0.1, 0.15) is 30.0 Å². The van der Waals surface area contributed by atoms with Gasteiger partial charge in [-0.1, -0.05) is 60.7 Å². The Balaban J connectivity index is 1.57. The lowest BCUT2D eigenvalue weighted by Gasteiger charge is -2.27. The molecule has 2 aliphatic rings. The number of aliphatic hydroxyl groups excluding tert-OH is 1. The zero-order valence-corrected chi connectivity index (χ0v) is 18.5. The molecular weight excluding hydrogens is 428 g/mol. The third-order valence-corrected chi connectivity index (χ3v) is 6.92. The molecule has 4 aromatic rings. The Morgan fingerprint density at radius 3 is 2.59 bits per heavy atom. The summed E-state index contributed by atoms with van der Waals surface area (Å²) in [5, 5.41) is 14.2. The molecule has 0 aliphatic carbocycles. The van der Waals surface area contributed by atoms with Gasteiger partial charge in [0.2, 0.25) is 0 Å². The minimum absolute atomic E-state index is 0.115. The first-order chi connectivity index (χ1) is 16.6. The van der Waals surface area contributed by atoms with E-state index in [9.17, 15) is 14.7 Å². The van der Waals surface area contributed by atoms with Crippen molar-refractivity contribution in [1.29, 1.82) is 0 Å². The van der Waals surface area contributed by atoms with Gasteiger partial charge in [-0.05, 0) is 29.7 Å². The molecule has 34 heavy (non-hydrogen) atoms. The van der Waals surface area contributed by atoms with Gasteiger partial charge in [0.05, 0.1) is 17.7 Å². The van der Waals surface area contributed by atoms with Crippen LogP contribution in [0.15, 0.2) is 78.5 Å². The number of carbonyl (C=O) groups is 2. The molecule has 6 nitrogen and oxygen atoms in total. The molecule has 0 radical (unpaired) electrons. The molecule has 0 bridgehead atoms. The maximum Gasteiger partial charge on any atom is 0.295 e. The zero-order chi connectivity index (χ0) is 23.2. The van der Waals surface area contributed by atoms with E-state index in [0.29, 0.717) is 18.7 Å². The number of benzene rings is 3. The molecule has 170 valence electrons. The second-order valence-corrected chi connectivity index (χ2v) is 8.90. The van der Waals surface area contributed by atoms with E-state index in [1.54, 1.807) is 11.0 Å². The van der Waals surface area contributed by atoms with E-state index in [0.717, 1.165) is 40.1 Å². The number of aromatic amines is 1. The number of hydrogen-bond donors (Lipinski definition) is 2. The van der Waals surface area contributed by atoms with E-state index < -0.39 is 17.7 Å². The SMILES string of the molecule is O=C1C(=O)N(CC2CCCO2)C(c2c[nH]c3ccccc23)/C1=C(\O)c1cccc2ccccc12. The predicted molar refractivity (Wildman–Crippen MR) is 130 cm³/mol. The summed E-state index contributed by atoms with van der Waals surface area (Å²) >= 11 is 0. The molecule has 2 aliphatic heterocycles. The second-order valence-electron chi connectivity index (χ2n) is 8.90. The molecule has 1 amide bonds. The van der Waals surface area contributed by atoms with Crippen LogP contribution in [0, 0.1) is 0 Å². The Morgan fingerprint density at radius 1 is 1.00 bits per heavy atom. The van der Waals surface area contributed by atoms with E-state index in [1.165, 1.54) is 0 Å². The average Bonchev–Trinajstić information content (AvgIpc) is 3.59. The van der Waals surface area contributed by atoms with Crippen LogP contribution in [0.2, 0.25) is 0 Å². The van der Waals surface area contributed by atoms with Gasteiger partial charge in [-0.25, -0.2) is 0 Å². The lowest BCUT2D eigenvalue weighted by atomic mass is 9.93.